The summed E-state index contributed by atoms with van der Waals surface area (Å²) < 4.78 is 50.5. The van der Waals surface area contributed by atoms with Crippen LogP contribution in [0.4, 0.5) is 0 Å². The highest BCUT2D eigenvalue weighted by atomic mass is 127. The first kappa shape index (κ1) is 40.5. The molecule has 0 unspecified atom stereocenters. The van der Waals surface area contributed by atoms with E-state index in [0.717, 1.165) is 23.2 Å². The van der Waals surface area contributed by atoms with Gasteiger partial charge in [-0.3, -0.25) is 0 Å². The van der Waals surface area contributed by atoms with Crippen LogP contribution in [-0.4, -0.2) is 117 Å². The number of rotatable bonds is 35. The number of ether oxygens (including phenoxy) is 9. The Morgan fingerprint density at radius 2 is 0.767 bits per heavy atom. The van der Waals surface area contributed by atoms with Crippen LogP contribution in [0.3, 0.4) is 0 Å². The zero-order valence-corrected chi connectivity index (χ0v) is 28.9. The normalized spacial score (nSPS) is 11.4. The first-order valence-electron chi connectivity index (χ1n) is 16.3. The number of benzene rings is 1. The highest BCUT2D eigenvalue weighted by Crippen LogP contribution is 2.15. The van der Waals surface area contributed by atoms with E-state index in [1.54, 1.807) is 0 Å². The van der Waals surface area contributed by atoms with Gasteiger partial charge in [0.2, 0.25) is 0 Å². The third kappa shape index (κ3) is 29.9. The van der Waals surface area contributed by atoms with Crippen LogP contribution >= 0.6 is 22.6 Å². The molecule has 0 saturated carbocycles. The van der Waals surface area contributed by atoms with Gasteiger partial charge in [-0.05, 0) is 30.5 Å². The molecule has 1 aromatic rings. The van der Waals surface area contributed by atoms with E-state index in [1.807, 2.05) is 0 Å². The summed E-state index contributed by atoms with van der Waals surface area (Å²) in [5.41, 5.74) is 1.38. The van der Waals surface area contributed by atoms with Crippen LogP contribution in [0.5, 0.6) is 5.75 Å². The standard InChI is InChI=1S/C33H59IO9/c1-2-3-4-5-6-7-8-9-32-10-12-33(13-11-32)43-31-30-42-29-28-41-27-26-40-25-24-39-23-22-38-21-20-37-19-18-36-17-16-35-15-14-34/h10-13H,2-9,14-31H2,1H3. The lowest BCUT2D eigenvalue weighted by atomic mass is 10.0. The number of aryl methyl sites for hydroxylation is 1. The van der Waals surface area contributed by atoms with Crippen LogP contribution in [0.25, 0.3) is 0 Å². The SMILES string of the molecule is CCCCCCCCCc1ccc(OCCOCCOCCOCCOCCOCCOCCOCCOCCI)cc1. The fourth-order valence-electron chi connectivity index (χ4n) is 3.95. The van der Waals surface area contributed by atoms with E-state index in [-0.39, 0.29) is 0 Å². The average molecular weight is 727 g/mol. The van der Waals surface area contributed by atoms with Crippen molar-refractivity contribution in [2.75, 3.05) is 117 Å². The maximum atomic E-state index is 5.78. The van der Waals surface area contributed by atoms with Gasteiger partial charge < -0.3 is 42.6 Å². The van der Waals surface area contributed by atoms with Crippen LogP contribution in [-0.2, 0) is 44.3 Å². The third-order valence-corrected chi connectivity index (χ3v) is 6.75. The van der Waals surface area contributed by atoms with E-state index >= 15 is 0 Å². The molecule has 0 spiro atoms. The number of unbranched alkanes of at least 4 members (excludes halogenated alkanes) is 6. The number of hydrogen-bond donors (Lipinski definition) is 0. The maximum Gasteiger partial charge on any atom is 0.119 e. The first-order valence-corrected chi connectivity index (χ1v) is 17.8. The zero-order valence-electron chi connectivity index (χ0n) is 26.7. The smallest absolute Gasteiger partial charge is 0.119 e. The van der Waals surface area contributed by atoms with E-state index < -0.39 is 0 Å². The Labute approximate surface area is 275 Å². The highest BCUT2D eigenvalue weighted by molar-refractivity contribution is 14.1. The lowest BCUT2D eigenvalue weighted by molar-refractivity contribution is -0.0233. The lowest BCUT2D eigenvalue weighted by Crippen LogP contribution is -2.15. The van der Waals surface area contributed by atoms with Crippen molar-refractivity contribution in [1.29, 1.82) is 0 Å². The van der Waals surface area contributed by atoms with Gasteiger partial charge >= 0.3 is 0 Å². The summed E-state index contributed by atoms with van der Waals surface area (Å²) in [6, 6.07) is 8.46. The fourth-order valence-corrected chi connectivity index (χ4v) is 4.26. The molecule has 0 aliphatic heterocycles. The number of alkyl halides is 1. The van der Waals surface area contributed by atoms with Gasteiger partial charge in [0.15, 0.2) is 0 Å². The van der Waals surface area contributed by atoms with Crippen LogP contribution in [0.1, 0.15) is 57.4 Å². The first-order chi connectivity index (χ1) is 21.4. The second-order valence-electron chi connectivity index (χ2n) is 9.95. The van der Waals surface area contributed by atoms with Crippen molar-refractivity contribution in [1.82, 2.24) is 0 Å². The van der Waals surface area contributed by atoms with Gasteiger partial charge in [-0.15, -0.1) is 0 Å². The van der Waals surface area contributed by atoms with Gasteiger partial charge in [-0.1, -0.05) is 80.2 Å². The summed E-state index contributed by atoms with van der Waals surface area (Å²) in [7, 11) is 0. The summed E-state index contributed by atoms with van der Waals surface area (Å²) in [5, 5.41) is 0. The molecule has 1 rings (SSSR count). The molecule has 10 heteroatoms. The molecule has 0 fully saturated rings. The molecular weight excluding hydrogens is 667 g/mol. The van der Waals surface area contributed by atoms with Crippen molar-refractivity contribution in [2.24, 2.45) is 0 Å². The Kier molecular flexibility index (Phi) is 32.3. The summed E-state index contributed by atoms with van der Waals surface area (Å²) in [5.74, 6) is 0.892. The van der Waals surface area contributed by atoms with Gasteiger partial charge in [0.1, 0.15) is 12.4 Å². The minimum Gasteiger partial charge on any atom is -0.491 e. The van der Waals surface area contributed by atoms with Gasteiger partial charge in [0.05, 0.1) is 106 Å². The molecule has 0 aromatic heterocycles. The second kappa shape index (κ2) is 34.3. The molecule has 1 aromatic carbocycles. The molecule has 0 bridgehead atoms. The maximum absolute atomic E-state index is 5.78. The van der Waals surface area contributed by atoms with Gasteiger partial charge in [0.25, 0.3) is 0 Å². The highest BCUT2D eigenvalue weighted by Gasteiger charge is 1.99. The molecule has 0 atom stereocenters. The summed E-state index contributed by atoms with van der Waals surface area (Å²) in [6.07, 6.45) is 10.6. The summed E-state index contributed by atoms with van der Waals surface area (Å²) >= 11 is 2.28. The average Bonchev–Trinajstić information content (AvgIpc) is 3.03. The fraction of sp³-hybridized carbons (Fsp3) is 0.818. The quantitative estimate of drug-likeness (QED) is 0.0481. The molecule has 0 aliphatic carbocycles. The molecule has 0 saturated heterocycles. The van der Waals surface area contributed by atoms with Crippen molar-refractivity contribution in [2.45, 2.75) is 58.3 Å². The molecule has 9 nitrogen and oxygen atoms in total. The Morgan fingerprint density at radius 1 is 0.419 bits per heavy atom. The van der Waals surface area contributed by atoms with E-state index in [4.69, 9.17) is 42.6 Å². The largest absolute Gasteiger partial charge is 0.491 e. The molecular formula is C33H59IO9. The van der Waals surface area contributed by atoms with Crippen molar-refractivity contribution >= 4 is 22.6 Å². The van der Waals surface area contributed by atoms with E-state index in [9.17, 15) is 0 Å². The van der Waals surface area contributed by atoms with E-state index in [0.29, 0.717) is 106 Å². The summed E-state index contributed by atoms with van der Waals surface area (Å²) in [4.78, 5) is 0. The molecule has 0 aliphatic rings. The van der Waals surface area contributed by atoms with E-state index in [2.05, 4.69) is 53.8 Å². The third-order valence-electron chi connectivity index (χ3n) is 6.31. The van der Waals surface area contributed by atoms with Crippen molar-refractivity contribution in [3.05, 3.63) is 29.8 Å². The van der Waals surface area contributed by atoms with E-state index in [1.165, 1.54) is 50.5 Å². The van der Waals surface area contributed by atoms with Crippen molar-refractivity contribution in [3.8, 4) is 5.75 Å². The Balaban J connectivity index is 1.73. The summed E-state index contributed by atoms with van der Waals surface area (Å²) in [6.45, 7) is 11.8. The minimum absolute atomic E-state index is 0.531. The second-order valence-corrected chi connectivity index (χ2v) is 11.0. The predicted molar refractivity (Wildman–Crippen MR) is 179 cm³/mol. The molecule has 43 heavy (non-hydrogen) atoms. The molecule has 0 amide bonds. The lowest BCUT2D eigenvalue weighted by Gasteiger charge is -2.09. The predicted octanol–water partition coefficient (Wildman–Crippen LogP) is 5.93. The van der Waals surface area contributed by atoms with Crippen molar-refractivity contribution in [3.63, 3.8) is 0 Å². The molecule has 0 heterocycles. The van der Waals surface area contributed by atoms with Gasteiger partial charge in [-0.25, -0.2) is 0 Å². The van der Waals surface area contributed by atoms with Gasteiger partial charge in [-0.2, -0.15) is 0 Å². The molecule has 0 N–H and O–H groups in total. The minimum atomic E-state index is 0.531. The van der Waals surface area contributed by atoms with Crippen LogP contribution < -0.4 is 4.74 Å². The van der Waals surface area contributed by atoms with Crippen LogP contribution in [0.2, 0.25) is 0 Å². The Hall–Kier alpha value is -0.570. The zero-order chi connectivity index (χ0) is 30.7. The number of hydrogen-bond acceptors (Lipinski definition) is 9. The van der Waals surface area contributed by atoms with Crippen LogP contribution in [0.15, 0.2) is 24.3 Å². The number of halogens is 1. The topological polar surface area (TPSA) is 83.1 Å². The van der Waals surface area contributed by atoms with Gasteiger partial charge in [0, 0.05) is 4.43 Å². The Bertz CT molecular complexity index is 666. The van der Waals surface area contributed by atoms with Crippen molar-refractivity contribution < 1.29 is 42.6 Å². The molecule has 0 radical (unpaired) electrons. The Morgan fingerprint density at radius 3 is 1.16 bits per heavy atom. The van der Waals surface area contributed by atoms with Crippen LogP contribution in [0, 0.1) is 0 Å². The monoisotopic (exact) mass is 726 g/mol. The molecule has 252 valence electrons.